The Labute approximate surface area is 333 Å². The SMILES string of the molecule is CC/C=C(\C)C1=CC(N2CCCC2C)=CNC(NCCC(C)CCCOCCN2CCN(c3ccc4c(c3)C(=O)N(C3CCC(=O)NC3=O)C4=O)CC2)=C1CC. The maximum atomic E-state index is 13.3. The van der Waals surface area contributed by atoms with Crippen LogP contribution in [0.25, 0.3) is 0 Å². The first-order chi connectivity index (χ1) is 27.1. The lowest BCUT2D eigenvalue weighted by molar-refractivity contribution is -0.136. The van der Waals surface area contributed by atoms with Crippen LogP contribution in [0, 0.1) is 5.92 Å². The summed E-state index contributed by atoms with van der Waals surface area (Å²) in [6.45, 7) is 19.1. The van der Waals surface area contributed by atoms with E-state index in [2.05, 4.69) is 83.6 Å². The molecule has 3 unspecified atom stereocenters. The number of benzene rings is 1. The highest BCUT2D eigenvalue weighted by Crippen LogP contribution is 2.33. The van der Waals surface area contributed by atoms with Crippen LogP contribution >= 0.6 is 0 Å². The number of nitrogens with zero attached hydrogens (tertiary/aromatic N) is 4. The molecule has 1 aromatic rings. The van der Waals surface area contributed by atoms with Crippen molar-refractivity contribution in [3.8, 4) is 0 Å². The number of anilines is 1. The highest BCUT2D eigenvalue weighted by Gasteiger charge is 2.44. The number of likely N-dealkylation sites (tertiary alicyclic amines) is 1. The second kappa shape index (κ2) is 19.1. The van der Waals surface area contributed by atoms with E-state index in [1.165, 1.54) is 35.3 Å². The summed E-state index contributed by atoms with van der Waals surface area (Å²) < 4.78 is 6.07. The lowest BCUT2D eigenvalue weighted by Gasteiger charge is -2.36. The Balaban J connectivity index is 0.884. The molecule has 5 aliphatic rings. The van der Waals surface area contributed by atoms with E-state index in [0.717, 1.165) is 101 Å². The number of hydrogen-bond donors (Lipinski definition) is 3. The fourth-order valence-electron chi connectivity index (χ4n) is 8.72. The van der Waals surface area contributed by atoms with Gasteiger partial charge in [-0.25, -0.2) is 0 Å². The minimum Gasteiger partial charge on any atom is -0.380 e. The number of allylic oxidation sites excluding steroid dienone is 5. The van der Waals surface area contributed by atoms with Gasteiger partial charge in [-0.05, 0) is 112 Å². The zero-order valence-corrected chi connectivity index (χ0v) is 34.3. The van der Waals surface area contributed by atoms with Crippen molar-refractivity contribution >= 4 is 29.3 Å². The number of ether oxygens (including phenoxy) is 1. The van der Waals surface area contributed by atoms with Crippen molar-refractivity contribution in [1.29, 1.82) is 0 Å². The number of piperazine rings is 1. The molecule has 3 fully saturated rings. The molecule has 3 atom stereocenters. The Morgan fingerprint density at radius 2 is 1.79 bits per heavy atom. The van der Waals surface area contributed by atoms with Crippen LogP contribution in [0.4, 0.5) is 5.69 Å². The van der Waals surface area contributed by atoms with Gasteiger partial charge < -0.3 is 25.2 Å². The lowest BCUT2D eigenvalue weighted by atomic mass is 9.95. The summed E-state index contributed by atoms with van der Waals surface area (Å²) in [5, 5.41) is 9.70. The summed E-state index contributed by atoms with van der Waals surface area (Å²) in [5.74, 6) is -0.196. The Morgan fingerprint density at radius 3 is 2.50 bits per heavy atom. The first kappa shape index (κ1) is 41.2. The number of rotatable bonds is 17. The van der Waals surface area contributed by atoms with Crippen LogP contribution in [-0.4, -0.2) is 109 Å². The van der Waals surface area contributed by atoms with E-state index < -0.39 is 23.8 Å². The molecule has 1 aromatic carbocycles. The monoisotopic (exact) mass is 769 g/mol. The van der Waals surface area contributed by atoms with E-state index in [4.69, 9.17) is 4.74 Å². The Hall–Kier alpha value is -4.42. The third-order valence-corrected chi connectivity index (χ3v) is 12.1. The predicted molar refractivity (Wildman–Crippen MR) is 220 cm³/mol. The fourth-order valence-corrected chi connectivity index (χ4v) is 8.72. The van der Waals surface area contributed by atoms with E-state index in [-0.39, 0.29) is 18.7 Å². The van der Waals surface area contributed by atoms with Crippen LogP contribution < -0.4 is 20.9 Å². The van der Waals surface area contributed by atoms with Crippen LogP contribution in [0.2, 0.25) is 0 Å². The van der Waals surface area contributed by atoms with Crippen LogP contribution in [0.5, 0.6) is 0 Å². The quantitative estimate of drug-likeness (QED) is 0.139. The second-order valence-electron chi connectivity index (χ2n) is 16.0. The van der Waals surface area contributed by atoms with Crippen molar-refractivity contribution in [3.63, 3.8) is 0 Å². The van der Waals surface area contributed by atoms with Gasteiger partial charge in [0.1, 0.15) is 11.9 Å². The molecule has 0 aromatic heterocycles. The van der Waals surface area contributed by atoms with Gasteiger partial charge in [-0.15, -0.1) is 0 Å². The third kappa shape index (κ3) is 9.57. The fraction of sp³-hybridized carbons (Fsp3) is 0.591. The number of fused-ring (bicyclic) bond motifs is 1. The Kier molecular flexibility index (Phi) is 14.1. The molecule has 3 saturated heterocycles. The molecule has 12 heteroatoms. The highest BCUT2D eigenvalue weighted by atomic mass is 16.5. The topological polar surface area (TPSA) is 127 Å². The highest BCUT2D eigenvalue weighted by molar-refractivity contribution is 6.23. The number of carbonyl (C=O) groups excluding carboxylic acids is 4. The van der Waals surface area contributed by atoms with Crippen molar-refractivity contribution < 1.29 is 23.9 Å². The number of carbonyl (C=O) groups is 4. The average molecular weight is 770 g/mol. The van der Waals surface area contributed by atoms with E-state index in [1.807, 2.05) is 6.07 Å². The van der Waals surface area contributed by atoms with Gasteiger partial charge in [-0.1, -0.05) is 26.8 Å². The van der Waals surface area contributed by atoms with Gasteiger partial charge in [0, 0.05) is 76.8 Å². The summed E-state index contributed by atoms with van der Waals surface area (Å²) in [4.78, 5) is 58.5. The molecule has 0 bridgehead atoms. The van der Waals surface area contributed by atoms with Crippen LogP contribution in [0.15, 0.2) is 64.8 Å². The predicted octanol–water partition coefficient (Wildman–Crippen LogP) is 5.46. The molecule has 3 N–H and O–H groups in total. The van der Waals surface area contributed by atoms with Crippen LogP contribution in [-0.2, 0) is 14.3 Å². The average Bonchev–Trinajstić information content (AvgIpc) is 3.65. The van der Waals surface area contributed by atoms with E-state index in [9.17, 15) is 19.2 Å². The van der Waals surface area contributed by atoms with Gasteiger partial charge in [0.15, 0.2) is 0 Å². The molecule has 5 aliphatic heterocycles. The molecule has 12 nitrogen and oxygen atoms in total. The van der Waals surface area contributed by atoms with Gasteiger partial charge in [0.25, 0.3) is 11.8 Å². The molecule has 0 saturated carbocycles. The minimum atomic E-state index is -0.957. The molecule has 0 aliphatic carbocycles. The largest absolute Gasteiger partial charge is 0.380 e. The van der Waals surface area contributed by atoms with Gasteiger partial charge >= 0.3 is 0 Å². The smallest absolute Gasteiger partial charge is 0.262 e. The van der Waals surface area contributed by atoms with Crippen molar-refractivity contribution in [3.05, 3.63) is 75.9 Å². The third-order valence-electron chi connectivity index (χ3n) is 12.1. The molecular formula is C44H63N7O5. The van der Waals surface area contributed by atoms with E-state index in [1.54, 1.807) is 12.1 Å². The summed E-state index contributed by atoms with van der Waals surface area (Å²) >= 11 is 0. The first-order valence-corrected chi connectivity index (χ1v) is 21.1. The summed E-state index contributed by atoms with van der Waals surface area (Å²) in [5.41, 5.74) is 6.84. The molecule has 4 amide bonds. The summed E-state index contributed by atoms with van der Waals surface area (Å²) in [6.07, 6.45) is 15.0. The van der Waals surface area contributed by atoms with Crippen molar-refractivity contribution in [1.82, 2.24) is 30.7 Å². The second-order valence-corrected chi connectivity index (χ2v) is 16.0. The Bertz CT molecular complexity index is 1760. The zero-order chi connectivity index (χ0) is 39.8. The Morgan fingerprint density at radius 1 is 1.00 bits per heavy atom. The van der Waals surface area contributed by atoms with Crippen molar-refractivity contribution in [2.75, 3.05) is 63.9 Å². The van der Waals surface area contributed by atoms with Crippen LogP contribution in [0.1, 0.15) is 113 Å². The number of amides is 4. The standard InChI is InChI=1S/C44H63N7O5/c1-6-10-31(4)37-28-34(50-19-8-12-32(50)5)29-46-41(35(37)7-2)45-18-17-30(3)11-9-25-56-26-24-48-20-22-49(23-21-48)33-13-14-36-38(27-33)44(55)51(43(36)54)39-15-16-40(52)47-42(39)53/h10,13-14,27-30,32,39,45-46H,6-9,11-12,15-26H2,1-5H3,(H,47,52,53)/b31-10+. The van der Waals surface area contributed by atoms with Gasteiger partial charge in [0.05, 0.1) is 23.4 Å². The van der Waals surface area contributed by atoms with Crippen molar-refractivity contribution in [2.24, 2.45) is 5.92 Å². The van der Waals surface area contributed by atoms with Crippen molar-refractivity contribution in [2.45, 2.75) is 104 Å². The molecule has 0 radical (unpaired) electrons. The number of imide groups is 2. The molecule has 6 rings (SSSR count). The molecular weight excluding hydrogens is 707 g/mol. The maximum absolute atomic E-state index is 13.3. The molecule has 5 heterocycles. The number of nitrogens with one attached hydrogen (secondary N) is 3. The van der Waals surface area contributed by atoms with Gasteiger partial charge in [-0.2, -0.15) is 0 Å². The maximum Gasteiger partial charge on any atom is 0.262 e. The normalized spacial score (nSPS) is 22.9. The summed E-state index contributed by atoms with van der Waals surface area (Å²) in [6, 6.07) is 4.94. The van der Waals surface area contributed by atoms with Gasteiger partial charge in [0.2, 0.25) is 11.8 Å². The van der Waals surface area contributed by atoms with Crippen LogP contribution in [0.3, 0.4) is 0 Å². The first-order valence-electron chi connectivity index (χ1n) is 21.1. The minimum absolute atomic E-state index is 0.104. The zero-order valence-electron chi connectivity index (χ0n) is 34.3. The molecule has 0 spiro atoms. The van der Waals surface area contributed by atoms with E-state index >= 15 is 0 Å². The number of hydrogen-bond acceptors (Lipinski definition) is 10. The lowest BCUT2D eigenvalue weighted by Crippen LogP contribution is -2.54. The molecule has 56 heavy (non-hydrogen) atoms. The van der Waals surface area contributed by atoms with E-state index in [0.29, 0.717) is 29.7 Å². The molecule has 304 valence electrons. The van der Waals surface area contributed by atoms with Gasteiger partial charge in [-0.3, -0.25) is 34.3 Å². The number of piperidine rings is 1. The summed E-state index contributed by atoms with van der Waals surface area (Å²) in [7, 11) is 0.